The number of carboxylic acid groups (broad SMARTS) is 1. The summed E-state index contributed by atoms with van der Waals surface area (Å²) in [7, 11) is 0. The molecule has 0 fully saturated rings. The molecule has 0 aliphatic carbocycles. The fraction of sp³-hybridized carbons (Fsp3) is 0.200. The first-order valence-electron chi connectivity index (χ1n) is 6.29. The summed E-state index contributed by atoms with van der Waals surface area (Å²) in [5, 5.41) is 14.0. The summed E-state index contributed by atoms with van der Waals surface area (Å²) in [6.07, 6.45) is 7.20. The van der Waals surface area contributed by atoms with Gasteiger partial charge in [-0.2, -0.15) is 0 Å². The van der Waals surface area contributed by atoms with Gasteiger partial charge in [0.1, 0.15) is 0 Å². The molecule has 0 bridgehead atoms. The van der Waals surface area contributed by atoms with E-state index in [0.717, 1.165) is 12.5 Å². The van der Waals surface area contributed by atoms with Gasteiger partial charge < -0.3 is 15.7 Å². The molecule has 106 valence electrons. The van der Waals surface area contributed by atoms with E-state index in [1.807, 2.05) is 19.1 Å². The Hall–Kier alpha value is -2.56. The quantitative estimate of drug-likeness (QED) is 0.424. The number of hydrogen-bond acceptors (Lipinski definition) is 2. The molecule has 0 unspecified atom stereocenters. The first-order chi connectivity index (χ1) is 9.61. The molecule has 0 saturated heterocycles. The van der Waals surface area contributed by atoms with Gasteiger partial charge in [0.25, 0.3) is 0 Å². The van der Waals surface area contributed by atoms with E-state index < -0.39 is 5.97 Å². The second-order valence-electron chi connectivity index (χ2n) is 4.04. The van der Waals surface area contributed by atoms with E-state index >= 15 is 0 Å². The van der Waals surface area contributed by atoms with Crippen molar-refractivity contribution in [2.75, 3.05) is 11.9 Å². The number of anilines is 1. The van der Waals surface area contributed by atoms with Gasteiger partial charge >= 0.3 is 12.0 Å². The number of urea groups is 1. The molecule has 0 saturated carbocycles. The Morgan fingerprint density at radius 3 is 2.85 bits per heavy atom. The maximum absolute atomic E-state index is 11.6. The summed E-state index contributed by atoms with van der Waals surface area (Å²) in [4.78, 5) is 22.0. The Morgan fingerprint density at radius 2 is 2.15 bits per heavy atom. The molecule has 5 heteroatoms. The van der Waals surface area contributed by atoms with Crippen LogP contribution in [0.25, 0.3) is 6.08 Å². The van der Waals surface area contributed by atoms with E-state index in [4.69, 9.17) is 5.11 Å². The van der Waals surface area contributed by atoms with Gasteiger partial charge in [-0.25, -0.2) is 9.59 Å². The maximum atomic E-state index is 11.6. The highest BCUT2D eigenvalue weighted by molar-refractivity contribution is 5.90. The molecule has 1 aromatic rings. The van der Waals surface area contributed by atoms with Crippen molar-refractivity contribution in [2.45, 2.75) is 13.3 Å². The lowest BCUT2D eigenvalue weighted by atomic mass is 10.2. The fourth-order valence-electron chi connectivity index (χ4n) is 1.50. The molecule has 0 atom stereocenters. The molecule has 2 amide bonds. The van der Waals surface area contributed by atoms with Crippen molar-refractivity contribution in [2.24, 2.45) is 0 Å². The second kappa shape index (κ2) is 8.53. The van der Waals surface area contributed by atoms with Gasteiger partial charge in [-0.3, -0.25) is 0 Å². The number of allylic oxidation sites excluding steroid dienone is 1. The highest BCUT2D eigenvalue weighted by Crippen LogP contribution is 2.11. The van der Waals surface area contributed by atoms with Crippen molar-refractivity contribution in [1.29, 1.82) is 0 Å². The number of carboxylic acids is 1. The first kappa shape index (κ1) is 15.5. The molecule has 20 heavy (non-hydrogen) atoms. The molecule has 0 aliphatic heterocycles. The number of aliphatic carboxylic acids is 1. The highest BCUT2D eigenvalue weighted by atomic mass is 16.4. The Kier molecular flexibility index (Phi) is 6.61. The fourth-order valence-corrected chi connectivity index (χ4v) is 1.50. The van der Waals surface area contributed by atoms with Gasteiger partial charge in [-0.05, 0) is 37.1 Å². The van der Waals surface area contributed by atoms with Crippen LogP contribution in [0.1, 0.15) is 18.9 Å². The predicted octanol–water partition coefficient (Wildman–Crippen LogP) is 2.87. The van der Waals surface area contributed by atoms with E-state index in [-0.39, 0.29) is 6.03 Å². The van der Waals surface area contributed by atoms with Crippen LogP contribution < -0.4 is 10.6 Å². The minimum atomic E-state index is -1.01. The van der Waals surface area contributed by atoms with Gasteiger partial charge in [0.2, 0.25) is 0 Å². The molecule has 0 spiro atoms. The number of carbonyl (C=O) groups is 2. The lowest BCUT2D eigenvalue weighted by Crippen LogP contribution is -2.29. The zero-order valence-corrected chi connectivity index (χ0v) is 11.3. The van der Waals surface area contributed by atoms with Crippen LogP contribution in [-0.4, -0.2) is 23.7 Å². The normalized spacial score (nSPS) is 10.8. The van der Waals surface area contributed by atoms with Crippen LogP contribution >= 0.6 is 0 Å². The molecule has 0 aliphatic rings. The zero-order chi connectivity index (χ0) is 14.8. The number of nitrogens with one attached hydrogen (secondary N) is 2. The van der Waals surface area contributed by atoms with E-state index in [1.165, 1.54) is 6.08 Å². The van der Waals surface area contributed by atoms with Gasteiger partial charge in [0, 0.05) is 18.3 Å². The molecule has 0 heterocycles. The van der Waals surface area contributed by atoms with Crippen molar-refractivity contribution < 1.29 is 14.7 Å². The minimum Gasteiger partial charge on any atom is -0.478 e. The third-order valence-electron chi connectivity index (χ3n) is 2.40. The summed E-state index contributed by atoms with van der Waals surface area (Å²) < 4.78 is 0. The predicted molar refractivity (Wildman–Crippen MR) is 79.6 cm³/mol. The molecular formula is C15H18N2O3. The number of amides is 2. The number of rotatable bonds is 6. The standard InChI is InChI=1S/C15H18N2O3/c1-2-3-4-10-16-15(20)17-13-7-5-6-12(11-13)8-9-14(18)19/h2-3,5-9,11H,4,10H2,1H3,(H,18,19)(H2,16,17,20)/b3-2+,9-8+. The summed E-state index contributed by atoms with van der Waals surface area (Å²) in [5.41, 5.74) is 1.32. The van der Waals surface area contributed by atoms with E-state index in [2.05, 4.69) is 10.6 Å². The SMILES string of the molecule is C/C=C/CCNC(=O)Nc1cccc(/C=C/C(=O)O)c1. The minimum absolute atomic E-state index is 0.283. The largest absolute Gasteiger partial charge is 0.478 e. The zero-order valence-electron chi connectivity index (χ0n) is 11.3. The van der Waals surface area contributed by atoms with Gasteiger partial charge in [0.15, 0.2) is 0 Å². The van der Waals surface area contributed by atoms with Crippen LogP contribution in [0.5, 0.6) is 0 Å². The molecule has 1 rings (SSSR count). The molecule has 5 nitrogen and oxygen atoms in total. The van der Waals surface area contributed by atoms with Crippen LogP contribution in [0.3, 0.4) is 0 Å². The molecule has 3 N–H and O–H groups in total. The van der Waals surface area contributed by atoms with Gasteiger partial charge in [-0.15, -0.1) is 0 Å². The number of carbonyl (C=O) groups excluding carboxylic acids is 1. The van der Waals surface area contributed by atoms with E-state index in [9.17, 15) is 9.59 Å². The third kappa shape index (κ3) is 6.39. The van der Waals surface area contributed by atoms with Gasteiger partial charge in [-0.1, -0.05) is 24.3 Å². The van der Waals surface area contributed by atoms with Crippen LogP contribution in [0.2, 0.25) is 0 Å². The smallest absolute Gasteiger partial charge is 0.328 e. The summed E-state index contributed by atoms with van der Waals surface area (Å²) in [5.74, 6) is -1.01. The van der Waals surface area contributed by atoms with Crippen LogP contribution in [0.15, 0.2) is 42.5 Å². The van der Waals surface area contributed by atoms with Gasteiger partial charge in [0.05, 0.1) is 0 Å². The number of benzene rings is 1. The Morgan fingerprint density at radius 1 is 1.35 bits per heavy atom. The monoisotopic (exact) mass is 274 g/mol. The molecule has 0 aromatic heterocycles. The summed E-state index contributed by atoms with van der Waals surface area (Å²) in [6.45, 7) is 2.49. The van der Waals surface area contributed by atoms with Crippen LogP contribution in [0, 0.1) is 0 Å². The van der Waals surface area contributed by atoms with Crippen molar-refractivity contribution in [3.8, 4) is 0 Å². The Balaban J connectivity index is 2.53. The van der Waals surface area contributed by atoms with Crippen LogP contribution in [0.4, 0.5) is 10.5 Å². The first-order valence-corrected chi connectivity index (χ1v) is 6.29. The van der Waals surface area contributed by atoms with E-state index in [1.54, 1.807) is 24.3 Å². The van der Waals surface area contributed by atoms with Crippen LogP contribution in [-0.2, 0) is 4.79 Å². The van der Waals surface area contributed by atoms with Crippen molar-refractivity contribution in [3.63, 3.8) is 0 Å². The third-order valence-corrected chi connectivity index (χ3v) is 2.40. The second-order valence-corrected chi connectivity index (χ2v) is 4.04. The summed E-state index contributed by atoms with van der Waals surface area (Å²) in [6, 6.07) is 6.66. The molecule has 0 radical (unpaired) electrons. The lowest BCUT2D eigenvalue weighted by Gasteiger charge is -2.07. The van der Waals surface area contributed by atoms with Crippen molar-refractivity contribution in [3.05, 3.63) is 48.1 Å². The topological polar surface area (TPSA) is 78.4 Å². The molecule has 1 aromatic carbocycles. The maximum Gasteiger partial charge on any atom is 0.328 e. The van der Waals surface area contributed by atoms with Crippen molar-refractivity contribution >= 4 is 23.8 Å². The Bertz CT molecular complexity index is 522. The molecular weight excluding hydrogens is 256 g/mol. The average molecular weight is 274 g/mol. The number of hydrogen-bond donors (Lipinski definition) is 3. The van der Waals surface area contributed by atoms with Crippen molar-refractivity contribution in [1.82, 2.24) is 5.32 Å². The summed E-state index contributed by atoms with van der Waals surface area (Å²) >= 11 is 0. The average Bonchev–Trinajstić information content (AvgIpc) is 2.42. The van der Waals surface area contributed by atoms with E-state index in [0.29, 0.717) is 17.8 Å². The highest BCUT2D eigenvalue weighted by Gasteiger charge is 2.00. The lowest BCUT2D eigenvalue weighted by molar-refractivity contribution is -0.131. The Labute approximate surface area is 118 Å².